The summed E-state index contributed by atoms with van der Waals surface area (Å²) in [7, 11) is 1.76. The first-order valence-corrected chi connectivity index (χ1v) is 3.52. The molecule has 0 aliphatic carbocycles. The second kappa shape index (κ2) is 2.22. The standard InChI is InChI=1S/C6H13BO3/c1-3-4(8)6(2,9)5(7)10-3/h3-5,8-9H,7H2,1-2H3/t3-,4-,5-,6-/m1/s1. The molecule has 1 aliphatic heterocycles. The van der Waals surface area contributed by atoms with Crippen LogP contribution in [0.1, 0.15) is 13.8 Å². The van der Waals surface area contributed by atoms with Crippen LogP contribution >= 0.6 is 0 Å². The minimum Gasteiger partial charge on any atom is -0.387 e. The molecule has 0 saturated carbocycles. The molecule has 1 saturated heterocycles. The highest BCUT2D eigenvalue weighted by atomic mass is 16.5. The van der Waals surface area contributed by atoms with E-state index < -0.39 is 11.7 Å². The van der Waals surface area contributed by atoms with Crippen molar-refractivity contribution < 1.29 is 14.9 Å². The molecule has 0 aromatic rings. The maximum Gasteiger partial charge on any atom is 0.143 e. The fourth-order valence-corrected chi connectivity index (χ4v) is 1.25. The van der Waals surface area contributed by atoms with Gasteiger partial charge in [-0.2, -0.15) is 0 Å². The Labute approximate surface area is 61.4 Å². The topological polar surface area (TPSA) is 49.7 Å². The normalized spacial score (nSPS) is 55.4. The Bertz CT molecular complexity index is 137. The zero-order valence-corrected chi connectivity index (χ0v) is 6.53. The summed E-state index contributed by atoms with van der Waals surface area (Å²) in [6.07, 6.45) is -1.02. The third-order valence-corrected chi connectivity index (χ3v) is 2.29. The van der Waals surface area contributed by atoms with E-state index in [2.05, 4.69) is 0 Å². The molecule has 4 atom stereocenters. The average Bonchev–Trinajstić information content (AvgIpc) is 1.97. The summed E-state index contributed by atoms with van der Waals surface area (Å²) in [6, 6.07) is -0.280. The predicted molar refractivity (Wildman–Crippen MR) is 39.5 cm³/mol. The maximum atomic E-state index is 9.53. The van der Waals surface area contributed by atoms with Gasteiger partial charge < -0.3 is 14.9 Å². The summed E-state index contributed by atoms with van der Waals surface area (Å²) in [5.74, 6) is 0. The average molecular weight is 144 g/mol. The predicted octanol–water partition coefficient (Wildman–Crippen LogP) is -1.52. The van der Waals surface area contributed by atoms with Crippen molar-refractivity contribution in [3.63, 3.8) is 0 Å². The van der Waals surface area contributed by atoms with Gasteiger partial charge in [0.2, 0.25) is 0 Å². The van der Waals surface area contributed by atoms with Crippen LogP contribution in [-0.2, 0) is 4.74 Å². The molecule has 1 rings (SSSR count). The summed E-state index contributed by atoms with van der Waals surface area (Å²) >= 11 is 0. The van der Waals surface area contributed by atoms with Crippen LogP contribution in [0.15, 0.2) is 0 Å². The molecule has 4 heteroatoms. The lowest BCUT2D eigenvalue weighted by atomic mass is 9.82. The lowest BCUT2D eigenvalue weighted by Gasteiger charge is -2.23. The van der Waals surface area contributed by atoms with Crippen molar-refractivity contribution in [3.8, 4) is 0 Å². The van der Waals surface area contributed by atoms with Crippen molar-refractivity contribution in [2.24, 2.45) is 0 Å². The molecule has 0 spiro atoms. The van der Waals surface area contributed by atoms with Crippen molar-refractivity contribution >= 4 is 7.85 Å². The molecule has 2 N–H and O–H groups in total. The quantitative estimate of drug-likeness (QED) is 0.406. The van der Waals surface area contributed by atoms with Gasteiger partial charge in [0.25, 0.3) is 0 Å². The van der Waals surface area contributed by atoms with Gasteiger partial charge in [0.15, 0.2) is 0 Å². The van der Waals surface area contributed by atoms with Crippen LogP contribution in [0.25, 0.3) is 0 Å². The van der Waals surface area contributed by atoms with E-state index in [9.17, 15) is 10.2 Å². The molecule has 0 aromatic carbocycles. The number of aliphatic hydroxyl groups excluding tert-OH is 1. The largest absolute Gasteiger partial charge is 0.387 e. The first-order valence-electron chi connectivity index (χ1n) is 3.52. The van der Waals surface area contributed by atoms with Crippen LogP contribution in [0.2, 0.25) is 0 Å². The van der Waals surface area contributed by atoms with Crippen LogP contribution in [-0.4, -0.2) is 41.9 Å². The molecule has 0 unspecified atom stereocenters. The Balaban J connectivity index is 2.75. The number of rotatable bonds is 0. The van der Waals surface area contributed by atoms with E-state index in [1.165, 1.54) is 0 Å². The Hall–Kier alpha value is -0.0551. The summed E-state index contributed by atoms with van der Waals surface area (Å²) in [5.41, 5.74) is -1.08. The van der Waals surface area contributed by atoms with Crippen molar-refractivity contribution in [2.75, 3.05) is 0 Å². The number of ether oxygens (including phenoxy) is 1. The lowest BCUT2D eigenvalue weighted by molar-refractivity contribution is -0.0414. The molecule has 10 heavy (non-hydrogen) atoms. The Morgan fingerprint density at radius 1 is 1.60 bits per heavy atom. The van der Waals surface area contributed by atoms with Crippen LogP contribution in [0.4, 0.5) is 0 Å². The first kappa shape index (κ1) is 8.05. The fourth-order valence-electron chi connectivity index (χ4n) is 1.25. The monoisotopic (exact) mass is 144 g/mol. The van der Waals surface area contributed by atoms with Gasteiger partial charge >= 0.3 is 0 Å². The van der Waals surface area contributed by atoms with Gasteiger partial charge in [-0.25, -0.2) is 0 Å². The van der Waals surface area contributed by atoms with Crippen molar-refractivity contribution in [1.29, 1.82) is 0 Å². The van der Waals surface area contributed by atoms with Crippen molar-refractivity contribution in [1.82, 2.24) is 0 Å². The number of hydrogen-bond acceptors (Lipinski definition) is 3. The fraction of sp³-hybridized carbons (Fsp3) is 1.00. The summed E-state index contributed by atoms with van der Waals surface area (Å²) in [6.45, 7) is 3.34. The minimum absolute atomic E-state index is 0.259. The summed E-state index contributed by atoms with van der Waals surface area (Å²) in [4.78, 5) is 0. The molecule has 1 fully saturated rings. The van der Waals surface area contributed by atoms with E-state index in [4.69, 9.17) is 4.74 Å². The smallest absolute Gasteiger partial charge is 0.143 e. The molecule has 1 heterocycles. The van der Waals surface area contributed by atoms with Crippen molar-refractivity contribution in [3.05, 3.63) is 0 Å². The molecular weight excluding hydrogens is 131 g/mol. The van der Waals surface area contributed by atoms with E-state index in [-0.39, 0.29) is 12.1 Å². The van der Waals surface area contributed by atoms with Gasteiger partial charge in [0.1, 0.15) is 19.6 Å². The highest BCUT2D eigenvalue weighted by Crippen LogP contribution is 2.28. The molecular formula is C6H13BO3. The highest BCUT2D eigenvalue weighted by molar-refractivity contribution is 6.12. The lowest BCUT2D eigenvalue weighted by Crippen LogP contribution is -2.45. The minimum atomic E-state index is -1.08. The molecule has 0 aromatic heterocycles. The van der Waals surface area contributed by atoms with Crippen LogP contribution in [0.5, 0.6) is 0 Å². The van der Waals surface area contributed by atoms with Gasteiger partial charge in [-0.15, -0.1) is 0 Å². The third kappa shape index (κ3) is 0.963. The highest BCUT2D eigenvalue weighted by Gasteiger charge is 2.47. The summed E-state index contributed by atoms with van der Waals surface area (Å²) < 4.78 is 5.19. The molecule has 0 radical (unpaired) electrons. The zero-order chi connectivity index (χ0) is 7.94. The second-order valence-corrected chi connectivity index (χ2v) is 3.15. The van der Waals surface area contributed by atoms with Crippen LogP contribution < -0.4 is 0 Å². The van der Waals surface area contributed by atoms with E-state index in [0.717, 1.165) is 0 Å². The first-order chi connectivity index (χ1) is 4.46. The SMILES string of the molecule is B[C@@H]1O[C@H](C)[C@@H](O)[C@@]1(C)O. The van der Waals surface area contributed by atoms with E-state index in [1.807, 2.05) is 0 Å². The van der Waals surface area contributed by atoms with E-state index >= 15 is 0 Å². The van der Waals surface area contributed by atoms with Gasteiger partial charge in [-0.05, 0) is 13.8 Å². The maximum absolute atomic E-state index is 9.53. The number of aliphatic hydroxyl groups is 2. The Kier molecular flexibility index (Phi) is 1.79. The van der Waals surface area contributed by atoms with Crippen LogP contribution in [0.3, 0.4) is 0 Å². The van der Waals surface area contributed by atoms with E-state index in [1.54, 1.807) is 21.7 Å². The van der Waals surface area contributed by atoms with Gasteiger partial charge in [-0.1, -0.05) is 0 Å². The summed E-state index contributed by atoms with van der Waals surface area (Å²) in [5, 5.41) is 18.8. The molecule has 0 amide bonds. The molecule has 1 aliphatic rings. The zero-order valence-electron chi connectivity index (χ0n) is 6.53. The molecule has 58 valence electrons. The second-order valence-electron chi connectivity index (χ2n) is 3.15. The van der Waals surface area contributed by atoms with E-state index in [0.29, 0.717) is 0 Å². The van der Waals surface area contributed by atoms with Gasteiger partial charge in [0, 0.05) is 0 Å². The Morgan fingerprint density at radius 3 is 2.20 bits per heavy atom. The number of hydrogen-bond donors (Lipinski definition) is 2. The molecule has 0 bridgehead atoms. The van der Waals surface area contributed by atoms with Crippen molar-refractivity contribution in [2.45, 2.75) is 37.7 Å². The van der Waals surface area contributed by atoms with Gasteiger partial charge in [-0.3, -0.25) is 0 Å². The third-order valence-electron chi connectivity index (χ3n) is 2.29. The molecule has 3 nitrogen and oxygen atoms in total. The van der Waals surface area contributed by atoms with Crippen LogP contribution in [0, 0.1) is 0 Å². The Morgan fingerprint density at radius 2 is 2.10 bits per heavy atom. The van der Waals surface area contributed by atoms with Gasteiger partial charge in [0.05, 0.1) is 12.1 Å².